The van der Waals surface area contributed by atoms with Gasteiger partial charge in [-0.25, -0.2) is 0 Å². The van der Waals surface area contributed by atoms with Crippen molar-refractivity contribution in [2.75, 3.05) is 13.1 Å². The van der Waals surface area contributed by atoms with Crippen LogP contribution in [0.15, 0.2) is 0 Å². The molecule has 0 aromatic carbocycles. The third kappa shape index (κ3) is 3.98. The Kier molecular flexibility index (Phi) is 6.12. The SMILES string of the molecule is CC1C(C(=O)O)CCN1C(=O)CCCCCCN. The number of likely N-dealkylation sites (tertiary alicyclic amines) is 1. The molecule has 2 atom stereocenters. The van der Waals surface area contributed by atoms with Gasteiger partial charge in [-0.2, -0.15) is 0 Å². The molecule has 1 rings (SSSR count). The number of nitrogens with zero attached hydrogens (tertiary/aromatic N) is 1. The summed E-state index contributed by atoms with van der Waals surface area (Å²) in [4.78, 5) is 24.7. The summed E-state index contributed by atoms with van der Waals surface area (Å²) < 4.78 is 0. The van der Waals surface area contributed by atoms with Crippen molar-refractivity contribution in [3.05, 3.63) is 0 Å². The Hall–Kier alpha value is -1.10. The van der Waals surface area contributed by atoms with Gasteiger partial charge in [-0.15, -0.1) is 0 Å². The van der Waals surface area contributed by atoms with Gasteiger partial charge in [-0.3, -0.25) is 9.59 Å². The lowest BCUT2D eigenvalue weighted by atomic mass is 10.0. The number of carbonyl (C=O) groups excluding carboxylic acids is 1. The second kappa shape index (κ2) is 7.36. The molecule has 0 aromatic heterocycles. The minimum absolute atomic E-state index is 0.0963. The zero-order valence-electron chi connectivity index (χ0n) is 11.1. The lowest BCUT2D eigenvalue weighted by Gasteiger charge is -2.23. The Balaban J connectivity index is 2.28. The van der Waals surface area contributed by atoms with Crippen LogP contribution in [-0.2, 0) is 9.59 Å². The Morgan fingerprint density at radius 2 is 1.94 bits per heavy atom. The molecule has 0 radical (unpaired) electrons. The molecule has 0 bridgehead atoms. The quantitative estimate of drug-likeness (QED) is 0.671. The lowest BCUT2D eigenvalue weighted by Crippen LogP contribution is -2.37. The van der Waals surface area contributed by atoms with E-state index in [0.29, 0.717) is 25.9 Å². The summed E-state index contributed by atoms with van der Waals surface area (Å²) in [6.07, 6.45) is 5.08. The van der Waals surface area contributed by atoms with Gasteiger partial charge in [0.05, 0.1) is 5.92 Å². The molecule has 0 aromatic rings. The van der Waals surface area contributed by atoms with E-state index in [4.69, 9.17) is 10.8 Å². The number of aliphatic carboxylic acids is 1. The summed E-state index contributed by atoms with van der Waals surface area (Å²) >= 11 is 0. The first-order chi connectivity index (χ1) is 8.57. The van der Waals surface area contributed by atoms with Crippen molar-refractivity contribution in [1.29, 1.82) is 0 Å². The van der Waals surface area contributed by atoms with E-state index in [0.717, 1.165) is 25.7 Å². The molecular weight excluding hydrogens is 232 g/mol. The third-order valence-corrected chi connectivity index (χ3v) is 3.74. The number of carboxylic acids is 1. The van der Waals surface area contributed by atoms with Crippen molar-refractivity contribution < 1.29 is 14.7 Å². The Labute approximate surface area is 108 Å². The van der Waals surface area contributed by atoms with Crippen LogP contribution in [0.3, 0.4) is 0 Å². The Morgan fingerprint density at radius 3 is 2.50 bits per heavy atom. The fourth-order valence-electron chi connectivity index (χ4n) is 2.54. The highest BCUT2D eigenvalue weighted by molar-refractivity contribution is 5.79. The molecule has 1 fully saturated rings. The molecule has 5 nitrogen and oxygen atoms in total. The molecule has 3 N–H and O–H groups in total. The van der Waals surface area contributed by atoms with Crippen LogP contribution < -0.4 is 5.73 Å². The van der Waals surface area contributed by atoms with Gasteiger partial charge in [0.2, 0.25) is 5.91 Å². The lowest BCUT2D eigenvalue weighted by molar-refractivity contribution is -0.143. The Bertz CT molecular complexity index is 294. The maximum atomic E-state index is 12.0. The molecular formula is C13H24N2O3. The molecule has 1 aliphatic heterocycles. The van der Waals surface area contributed by atoms with Crippen LogP contribution in [0, 0.1) is 5.92 Å². The molecule has 0 aliphatic carbocycles. The first-order valence-corrected chi connectivity index (χ1v) is 6.80. The summed E-state index contributed by atoms with van der Waals surface area (Å²) in [6.45, 7) is 3.12. The predicted octanol–water partition coefficient (Wildman–Crippen LogP) is 1.22. The van der Waals surface area contributed by atoms with Gasteiger partial charge in [0.25, 0.3) is 0 Å². The summed E-state index contributed by atoms with van der Waals surface area (Å²) in [6, 6.07) is -0.168. The highest BCUT2D eigenvalue weighted by Crippen LogP contribution is 2.25. The van der Waals surface area contributed by atoms with E-state index in [1.165, 1.54) is 0 Å². The number of rotatable bonds is 7. The van der Waals surface area contributed by atoms with Crippen LogP contribution in [0.25, 0.3) is 0 Å². The third-order valence-electron chi connectivity index (χ3n) is 3.74. The number of amides is 1. The van der Waals surface area contributed by atoms with Gasteiger partial charge < -0.3 is 15.7 Å². The van der Waals surface area contributed by atoms with Crippen molar-refractivity contribution in [2.45, 2.75) is 51.5 Å². The standard InChI is InChI=1S/C13H24N2O3/c1-10-11(13(17)18)7-9-15(10)12(16)6-4-2-3-5-8-14/h10-11H,2-9,14H2,1H3,(H,17,18). The summed E-state index contributed by atoms with van der Waals surface area (Å²) in [5, 5.41) is 9.01. The zero-order chi connectivity index (χ0) is 13.5. The van der Waals surface area contributed by atoms with E-state index in [9.17, 15) is 9.59 Å². The van der Waals surface area contributed by atoms with E-state index < -0.39 is 11.9 Å². The average Bonchev–Trinajstić information content (AvgIpc) is 2.70. The molecule has 2 unspecified atom stereocenters. The van der Waals surface area contributed by atoms with Crippen molar-refractivity contribution in [2.24, 2.45) is 11.7 Å². The van der Waals surface area contributed by atoms with Gasteiger partial charge in [0.15, 0.2) is 0 Å². The van der Waals surface area contributed by atoms with E-state index >= 15 is 0 Å². The molecule has 1 saturated heterocycles. The van der Waals surface area contributed by atoms with Crippen molar-refractivity contribution in [1.82, 2.24) is 4.90 Å². The number of hydrogen-bond acceptors (Lipinski definition) is 3. The summed E-state index contributed by atoms with van der Waals surface area (Å²) in [7, 11) is 0. The number of unbranched alkanes of at least 4 members (excludes halogenated alkanes) is 3. The van der Waals surface area contributed by atoms with Crippen molar-refractivity contribution >= 4 is 11.9 Å². The van der Waals surface area contributed by atoms with Gasteiger partial charge in [0.1, 0.15) is 0 Å². The van der Waals surface area contributed by atoms with Gasteiger partial charge >= 0.3 is 5.97 Å². The highest BCUT2D eigenvalue weighted by atomic mass is 16.4. The molecule has 18 heavy (non-hydrogen) atoms. The largest absolute Gasteiger partial charge is 0.481 e. The zero-order valence-corrected chi connectivity index (χ0v) is 11.1. The van der Waals surface area contributed by atoms with Crippen LogP contribution >= 0.6 is 0 Å². The van der Waals surface area contributed by atoms with Gasteiger partial charge in [-0.1, -0.05) is 12.8 Å². The minimum Gasteiger partial charge on any atom is -0.481 e. The predicted molar refractivity (Wildman–Crippen MR) is 69.1 cm³/mol. The molecule has 0 spiro atoms. The molecule has 5 heteroatoms. The fraction of sp³-hybridized carbons (Fsp3) is 0.846. The van der Waals surface area contributed by atoms with Crippen molar-refractivity contribution in [3.63, 3.8) is 0 Å². The molecule has 1 heterocycles. The number of hydrogen-bond donors (Lipinski definition) is 2. The van der Waals surface area contributed by atoms with E-state index in [-0.39, 0.29) is 11.9 Å². The minimum atomic E-state index is -0.791. The van der Waals surface area contributed by atoms with Gasteiger partial charge in [-0.05, 0) is 32.7 Å². The van der Waals surface area contributed by atoms with Crippen LogP contribution in [-0.4, -0.2) is 41.0 Å². The maximum Gasteiger partial charge on any atom is 0.308 e. The highest BCUT2D eigenvalue weighted by Gasteiger charge is 2.37. The van der Waals surface area contributed by atoms with Crippen LogP contribution in [0.2, 0.25) is 0 Å². The monoisotopic (exact) mass is 256 g/mol. The summed E-state index contributed by atoms with van der Waals surface area (Å²) in [5.74, 6) is -1.09. The maximum absolute atomic E-state index is 12.0. The van der Waals surface area contributed by atoms with Crippen LogP contribution in [0.5, 0.6) is 0 Å². The number of carboxylic acid groups (broad SMARTS) is 1. The first kappa shape index (κ1) is 15.0. The fourth-order valence-corrected chi connectivity index (χ4v) is 2.54. The summed E-state index contributed by atoms with van der Waals surface area (Å²) in [5.41, 5.74) is 5.40. The van der Waals surface area contributed by atoms with Crippen LogP contribution in [0.4, 0.5) is 0 Å². The second-order valence-electron chi connectivity index (χ2n) is 5.01. The number of nitrogens with two attached hydrogens (primary N) is 1. The molecule has 1 amide bonds. The first-order valence-electron chi connectivity index (χ1n) is 6.80. The topological polar surface area (TPSA) is 83.6 Å². The van der Waals surface area contributed by atoms with Crippen LogP contribution in [0.1, 0.15) is 45.4 Å². The van der Waals surface area contributed by atoms with E-state index in [2.05, 4.69) is 0 Å². The number of carbonyl (C=O) groups is 2. The molecule has 0 saturated carbocycles. The second-order valence-corrected chi connectivity index (χ2v) is 5.01. The van der Waals surface area contributed by atoms with E-state index in [1.807, 2.05) is 6.92 Å². The smallest absolute Gasteiger partial charge is 0.308 e. The average molecular weight is 256 g/mol. The molecule has 1 aliphatic rings. The normalized spacial score (nSPS) is 23.3. The molecule has 104 valence electrons. The van der Waals surface area contributed by atoms with E-state index in [1.54, 1.807) is 4.90 Å². The Morgan fingerprint density at radius 1 is 1.28 bits per heavy atom. The van der Waals surface area contributed by atoms with Gasteiger partial charge in [0, 0.05) is 19.0 Å². The van der Waals surface area contributed by atoms with Crippen molar-refractivity contribution in [3.8, 4) is 0 Å².